The summed E-state index contributed by atoms with van der Waals surface area (Å²) in [4.78, 5) is 14.1. The third-order valence-electron chi connectivity index (χ3n) is 4.35. The number of benzene rings is 1. The van der Waals surface area contributed by atoms with Gasteiger partial charge in [-0.2, -0.15) is 4.31 Å². The summed E-state index contributed by atoms with van der Waals surface area (Å²) in [5.74, 6) is -0.0875. The minimum absolute atomic E-state index is 0.00299. The summed E-state index contributed by atoms with van der Waals surface area (Å²) in [6.45, 7) is 2.30. The molecule has 27 heavy (non-hydrogen) atoms. The average Bonchev–Trinajstić information content (AvgIpc) is 3.08. The highest BCUT2D eigenvalue weighted by molar-refractivity contribution is 7.89. The van der Waals surface area contributed by atoms with Crippen LogP contribution in [0.5, 0.6) is 0 Å². The molecule has 0 spiro atoms. The molecular weight excluding hydrogens is 394 g/mol. The highest BCUT2D eigenvalue weighted by Gasteiger charge is 2.37. The number of carbonyl (C=O) groups excluding carboxylic acids is 1. The van der Waals surface area contributed by atoms with E-state index >= 15 is 0 Å². The van der Waals surface area contributed by atoms with Crippen molar-refractivity contribution in [2.75, 3.05) is 24.6 Å². The number of halogens is 1. The molecule has 2 heterocycles. The molecule has 0 aliphatic carbocycles. The van der Waals surface area contributed by atoms with Crippen LogP contribution < -0.4 is 20.6 Å². The van der Waals surface area contributed by atoms with Gasteiger partial charge in [-0.1, -0.05) is 23.3 Å². The van der Waals surface area contributed by atoms with Crippen molar-refractivity contribution in [3.63, 3.8) is 0 Å². The van der Waals surface area contributed by atoms with Crippen molar-refractivity contribution in [3.05, 3.63) is 41.0 Å². The predicted molar refractivity (Wildman–Crippen MR) is 95.1 cm³/mol. The van der Waals surface area contributed by atoms with Gasteiger partial charge in [0.1, 0.15) is 5.78 Å². The fraction of sp³-hybridized carbons (Fsp3) is 0.438. The van der Waals surface area contributed by atoms with Crippen LogP contribution in [0.1, 0.15) is 19.8 Å². The zero-order valence-electron chi connectivity index (χ0n) is 14.7. The Morgan fingerprint density at radius 3 is 2.67 bits per heavy atom. The number of nitrogens with one attached hydrogen (secondary N) is 1. The van der Waals surface area contributed by atoms with Gasteiger partial charge in [-0.25, -0.2) is 8.42 Å². The van der Waals surface area contributed by atoms with Crippen LogP contribution in [0.3, 0.4) is 0 Å². The van der Waals surface area contributed by atoms with E-state index in [0.29, 0.717) is 17.9 Å². The summed E-state index contributed by atoms with van der Waals surface area (Å²) < 4.78 is 32.0. The molecule has 1 aliphatic rings. The van der Waals surface area contributed by atoms with E-state index in [2.05, 4.69) is 5.27 Å². The van der Waals surface area contributed by atoms with Crippen molar-refractivity contribution in [1.82, 2.24) is 9.58 Å². The molecule has 0 bridgehead atoms. The van der Waals surface area contributed by atoms with Crippen LogP contribution in [0.2, 0.25) is 5.02 Å². The molecule has 1 N–H and O–H groups in total. The Balaban J connectivity index is 1.89. The number of hydrogen-bond donors (Lipinski definition) is 1. The molecule has 3 rings (SSSR count). The number of nitrogens with zero attached hydrogens (tertiary/aromatic N) is 4. The van der Waals surface area contributed by atoms with Crippen LogP contribution in [0.25, 0.3) is 0 Å². The standard InChI is InChI=1S/C16H20ClN5O4S/c1-2-3-15(23)14-10-20(8-9-21(14)22-11-16(18)26-19-22)27(24,25)13-6-4-12(17)5-7-13/h4-7,11,14,18H,2-3,8-10H2,1H3. The van der Waals surface area contributed by atoms with Crippen LogP contribution in [0.4, 0.5) is 0 Å². The van der Waals surface area contributed by atoms with Gasteiger partial charge in [0.2, 0.25) is 10.0 Å². The normalized spacial score (nSPS) is 18.6. The quantitative estimate of drug-likeness (QED) is 0.669. The van der Waals surface area contributed by atoms with E-state index in [9.17, 15) is 13.2 Å². The van der Waals surface area contributed by atoms with Crippen LogP contribution in [0, 0.1) is 5.41 Å². The van der Waals surface area contributed by atoms with Gasteiger partial charge in [-0.05, 0) is 36.0 Å². The molecule has 1 atom stereocenters. The smallest absolute Gasteiger partial charge is 0.286 e. The lowest BCUT2D eigenvalue weighted by Gasteiger charge is -2.40. The maximum atomic E-state index is 13.0. The Bertz CT molecular complexity index is 969. The van der Waals surface area contributed by atoms with Crippen molar-refractivity contribution in [2.24, 2.45) is 0 Å². The molecule has 1 aromatic heterocycles. The van der Waals surface area contributed by atoms with Crippen LogP contribution >= 0.6 is 11.6 Å². The molecule has 1 aromatic carbocycles. The van der Waals surface area contributed by atoms with Gasteiger partial charge >= 0.3 is 0 Å². The predicted octanol–water partition coefficient (Wildman–Crippen LogP) is 0.0375. The highest BCUT2D eigenvalue weighted by Crippen LogP contribution is 2.21. The average molecular weight is 414 g/mol. The Labute approximate surface area is 161 Å². The van der Waals surface area contributed by atoms with Crippen LogP contribution in [-0.2, 0) is 14.8 Å². The zero-order chi connectivity index (χ0) is 19.6. The van der Waals surface area contributed by atoms with Crippen molar-refractivity contribution >= 4 is 27.4 Å². The molecule has 0 saturated carbocycles. The SMILES string of the molecule is CCCC(=O)C1CN(S(=O)(=O)c2ccc(Cl)cc2)CCN1[n+]1cc(=N)o[n-]1. The number of rotatable bonds is 6. The minimum atomic E-state index is -3.75. The molecular formula is C16H20ClN5O4S. The first-order valence-electron chi connectivity index (χ1n) is 8.48. The number of sulfonamides is 1. The first-order valence-corrected chi connectivity index (χ1v) is 10.3. The lowest BCUT2D eigenvalue weighted by atomic mass is 10.1. The molecule has 1 aliphatic heterocycles. The summed E-state index contributed by atoms with van der Waals surface area (Å²) in [5.41, 5.74) is -0.145. The third-order valence-corrected chi connectivity index (χ3v) is 6.48. The molecule has 11 heteroatoms. The van der Waals surface area contributed by atoms with Gasteiger partial charge < -0.3 is 4.52 Å². The second kappa shape index (κ2) is 7.83. The number of aromatic nitrogens is 2. The van der Waals surface area contributed by atoms with E-state index < -0.39 is 16.1 Å². The first-order chi connectivity index (χ1) is 12.8. The largest absolute Gasteiger partial charge is 0.380 e. The number of hydrogen-bond acceptors (Lipinski definition) is 6. The maximum Gasteiger partial charge on any atom is 0.286 e. The van der Waals surface area contributed by atoms with E-state index in [1.165, 1.54) is 39.6 Å². The van der Waals surface area contributed by atoms with Crippen molar-refractivity contribution in [1.29, 1.82) is 5.41 Å². The highest BCUT2D eigenvalue weighted by atomic mass is 35.5. The Hall–Kier alpha value is -2.17. The Morgan fingerprint density at radius 1 is 1.37 bits per heavy atom. The lowest BCUT2D eigenvalue weighted by molar-refractivity contribution is -0.766. The van der Waals surface area contributed by atoms with E-state index in [0.717, 1.165) is 0 Å². The van der Waals surface area contributed by atoms with Gasteiger partial charge in [0.05, 0.1) is 10.9 Å². The topological polar surface area (TPSA) is 113 Å². The molecule has 2 aromatic rings. The van der Waals surface area contributed by atoms with Gasteiger partial charge in [-0.15, -0.1) is 0 Å². The molecule has 1 unspecified atom stereocenters. The summed E-state index contributed by atoms with van der Waals surface area (Å²) in [5, 5.41) is 13.3. The van der Waals surface area contributed by atoms with Crippen molar-refractivity contribution in [3.8, 4) is 0 Å². The van der Waals surface area contributed by atoms with Gasteiger partial charge in [-0.3, -0.25) is 15.2 Å². The lowest BCUT2D eigenvalue weighted by Crippen LogP contribution is -2.73. The van der Waals surface area contributed by atoms with E-state index in [4.69, 9.17) is 21.5 Å². The molecule has 1 fully saturated rings. The summed E-state index contributed by atoms with van der Waals surface area (Å²) in [6, 6.07) is 5.23. The molecule has 0 amide bonds. The Kier molecular flexibility index (Phi) is 5.68. The first kappa shape index (κ1) is 19.6. The molecule has 1 saturated heterocycles. The van der Waals surface area contributed by atoms with Crippen LogP contribution in [0.15, 0.2) is 39.9 Å². The summed E-state index contributed by atoms with van der Waals surface area (Å²) in [7, 11) is -3.75. The fourth-order valence-electron chi connectivity index (χ4n) is 3.01. The summed E-state index contributed by atoms with van der Waals surface area (Å²) >= 11 is 5.84. The van der Waals surface area contributed by atoms with Gasteiger partial charge in [0.15, 0.2) is 0 Å². The zero-order valence-corrected chi connectivity index (χ0v) is 16.3. The van der Waals surface area contributed by atoms with Gasteiger partial charge in [0.25, 0.3) is 11.8 Å². The Morgan fingerprint density at radius 2 is 2.07 bits per heavy atom. The maximum absolute atomic E-state index is 13.0. The molecule has 146 valence electrons. The van der Waals surface area contributed by atoms with Crippen molar-refractivity contribution in [2.45, 2.75) is 30.7 Å². The second-order valence-corrected chi connectivity index (χ2v) is 8.57. The van der Waals surface area contributed by atoms with E-state index in [1.54, 1.807) is 5.01 Å². The van der Waals surface area contributed by atoms with Crippen LogP contribution in [-0.4, -0.2) is 44.2 Å². The minimum Gasteiger partial charge on any atom is -0.380 e. The van der Waals surface area contributed by atoms with Gasteiger partial charge in [0, 0.05) is 31.1 Å². The number of Topliss-reactive ketones (excluding diaryl/α,β-unsaturated/α-hetero) is 1. The molecule has 0 radical (unpaired) electrons. The van der Waals surface area contributed by atoms with Crippen molar-refractivity contribution < 1.29 is 22.5 Å². The van der Waals surface area contributed by atoms with E-state index in [-0.39, 0.29) is 35.9 Å². The summed E-state index contributed by atoms with van der Waals surface area (Å²) in [6.07, 6.45) is 2.32. The third kappa shape index (κ3) is 4.07. The number of ketones is 1. The van der Waals surface area contributed by atoms with E-state index in [1.807, 2.05) is 6.92 Å². The monoisotopic (exact) mass is 413 g/mol. The molecule has 9 nitrogen and oxygen atoms in total. The number of carbonyl (C=O) groups is 1. The number of piperazine rings is 1. The fourth-order valence-corrected chi connectivity index (χ4v) is 4.57. The second-order valence-electron chi connectivity index (χ2n) is 6.20.